The molecule has 0 saturated carbocycles. The third kappa shape index (κ3) is 4.24. The first-order chi connectivity index (χ1) is 15.8. The Bertz CT molecular complexity index is 1210. The maximum atomic E-state index is 12.8. The number of anilines is 1. The number of carbonyl (C=O) groups is 1. The number of rotatable bonds is 5. The first kappa shape index (κ1) is 19.6. The van der Waals surface area contributed by atoms with Gasteiger partial charge in [-0.2, -0.15) is 0 Å². The van der Waals surface area contributed by atoms with Crippen LogP contribution in [0.15, 0.2) is 83.3 Å². The molecule has 4 aromatic rings. The van der Waals surface area contributed by atoms with Crippen LogP contribution < -0.4 is 20.1 Å². The first-order valence-electron chi connectivity index (χ1n) is 10.2. The number of aromatic nitrogens is 2. The number of benzene rings is 3. The smallest absolute Gasteiger partial charge is 0.320 e. The van der Waals surface area contributed by atoms with Gasteiger partial charge in [0.05, 0.1) is 0 Å². The normalized spacial score (nSPS) is 13.2. The lowest BCUT2D eigenvalue weighted by Crippen LogP contribution is -2.33. The van der Waals surface area contributed by atoms with Gasteiger partial charge < -0.3 is 24.5 Å². The van der Waals surface area contributed by atoms with Gasteiger partial charge in [0.25, 0.3) is 0 Å². The second kappa shape index (κ2) is 8.81. The Labute approximate surface area is 184 Å². The van der Waals surface area contributed by atoms with Crippen molar-refractivity contribution in [2.75, 3.05) is 18.5 Å². The third-order valence-electron chi connectivity index (χ3n) is 4.92. The monoisotopic (exact) mass is 428 g/mol. The largest absolute Gasteiger partial charge is 0.486 e. The van der Waals surface area contributed by atoms with Crippen molar-refractivity contribution in [2.24, 2.45) is 0 Å². The minimum absolute atomic E-state index is 0.285. The standard InChI is InChI=1S/C24H20N4O4/c29-24(25-18-11-12-19-20(15-18)31-14-13-30-19)26-21(16-7-3-1-4-8-16)23-28-27-22(32-23)17-9-5-2-6-10-17/h1-12,15,21H,13-14H2,(H2,25,26,29)/t21-/m0/s1. The lowest BCUT2D eigenvalue weighted by Gasteiger charge is -2.20. The predicted octanol–water partition coefficient (Wildman–Crippen LogP) is 4.42. The van der Waals surface area contributed by atoms with E-state index in [-0.39, 0.29) is 5.89 Å². The molecule has 0 radical (unpaired) electrons. The van der Waals surface area contributed by atoms with E-state index in [4.69, 9.17) is 13.9 Å². The van der Waals surface area contributed by atoms with Crippen LogP contribution in [-0.2, 0) is 0 Å². The third-order valence-corrected chi connectivity index (χ3v) is 4.92. The van der Waals surface area contributed by atoms with E-state index in [1.54, 1.807) is 18.2 Å². The molecule has 0 spiro atoms. The molecule has 1 atom stereocenters. The van der Waals surface area contributed by atoms with Gasteiger partial charge in [-0.15, -0.1) is 10.2 Å². The Morgan fingerprint density at radius 3 is 2.34 bits per heavy atom. The number of nitrogens with one attached hydrogen (secondary N) is 2. The van der Waals surface area contributed by atoms with Crippen LogP contribution >= 0.6 is 0 Å². The Hall–Kier alpha value is -4.33. The molecular formula is C24H20N4O4. The van der Waals surface area contributed by atoms with Crippen molar-refractivity contribution < 1.29 is 18.7 Å². The van der Waals surface area contributed by atoms with Gasteiger partial charge in [0.15, 0.2) is 11.5 Å². The zero-order valence-corrected chi connectivity index (χ0v) is 17.0. The minimum atomic E-state index is -0.627. The van der Waals surface area contributed by atoms with Crippen LogP contribution in [-0.4, -0.2) is 29.4 Å². The van der Waals surface area contributed by atoms with Crippen molar-refractivity contribution in [3.8, 4) is 23.0 Å². The van der Waals surface area contributed by atoms with E-state index < -0.39 is 12.1 Å². The predicted molar refractivity (Wildman–Crippen MR) is 118 cm³/mol. The highest BCUT2D eigenvalue weighted by molar-refractivity contribution is 5.90. The molecule has 0 bridgehead atoms. The number of carbonyl (C=O) groups excluding carboxylic acids is 1. The highest BCUT2D eigenvalue weighted by atomic mass is 16.6. The maximum absolute atomic E-state index is 12.8. The van der Waals surface area contributed by atoms with Gasteiger partial charge in [0.1, 0.15) is 19.3 Å². The molecular weight excluding hydrogens is 408 g/mol. The Morgan fingerprint density at radius 2 is 1.56 bits per heavy atom. The number of amides is 2. The van der Waals surface area contributed by atoms with E-state index in [0.29, 0.717) is 36.3 Å². The van der Waals surface area contributed by atoms with Crippen LogP contribution in [0.2, 0.25) is 0 Å². The van der Waals surface area contributed by atoms with Crippen molar-refractivity contribution in [2.45, 2.75) is 6.04 Å². The van der Waals surface area contributed by atoms with E-state index in [0.717, 1.165) is 11.1 Å². The van der Waals surface area contributed by atoms with Gasteiger partial charge >= 0.3 is 6.03 Å². The highest BCUT2D eigenvalue weighted by Crippen LogP contribution is 2.32. The number of ether oxygens (including phenoxy) is 2. The summed E-state index contributed by atoms with van der Waals surface area (Å²) < 4.78 is 17.0. The molecule has 2 amide bonds. The molecule has 1 aliphatic rings. The number of hydrogen-bond acceptors (Lipinski definition) is 6. The lowest BCUT2D eigenvalue weighted by atomic mass is 10.1. The molecule has 0 saturated heterocycles. The van der Waals surface area contributed by atoms with Gasteiger partial charge in [-0.05, 0) is 29.8 Å². The Balaban J connectivity index is 1.37. The average molecular weight is 428 g/mol. The van der Waals surface area contributed by atoms with Gasteiger partial charge in [0, 0.05) is 17.3 Å². The van der Waals surface area contributed by atoms with Crippen LogP contribution in [0.4, 0.5) is 10.5 Å². The molecule has 5 rings (SSSR count). The van der Waals surface area contributed by atoms with Crippen molar-refractivity contribution in [1.29, 1.82) is 0 Å². The van der Waals surface area contributed by atoms with Crippen LogP contribution in [0.3, 0.4) is 0 Å². The number of fused-ring (bicyclic) bond motifs is 1. The molecule has 3 aromatic carbocycles. The Morgan fingerprint density at radius 1 is 0.844 bits per heavy atom. The van der Waals surface area contributed by atoms with Crippen molar-refractivity contribution in [3.05, 3.63) is 90.3 Å². The summed E-state index contributed by atoms with van der Waals surface area (Å²) >= 11 is 0. The molecule has 32 heavy (non-hydrogen) atoms. The molecule has 8 nitrogen and oxygen atoms in total. The molecule has 0 aliphatic carbocycles. The summed E-state index contributed by atoms with van der Waals surface area (Å²) in [5.41, 5.74) is 2.20. The summed E-state index contributed by atoms with van der Waals surface area (Å²) in [7, 11) is 0. The van der Waals surface area contributed by atoms with Gasteiger partial charge in [-0.1, -0.05) is 48.5 Å². The van der Waals surface area contributed by atoms with E-state index in [1.165, 1.54) is 0 Å². The van der Waals surface area contributed by atoms with E-state index >= 15 is 0 Å². The van der Waals surface area contributed by atoms with Crippen LogP contribution in [0.25, 0.3) is 11.5 Å². The minimum Gasteiger partial charge on any atom is -0.486 e. The van der Waals surface area contributed by atoms with Gasteiger partial charge in [-0.3, -0.25) is 0 Å². The molecule has 8 heteroatoms. The summed E-state index contributed by atoms with van der Waals surface area (Å²) in [6.07, 6.45) is 0. The summed E-state index contributed by atoms with van der Waals surface area (Å²) in [4.78, 5) is 12.8. The number of nitrogens with zero attached hydrogens (tertiary/aromatic N) is 2. The molecule has 0 fully saturated rings. The first-order valence-corrected chi connectivity index (χ1v) is 10.2. The topological polar surface area (TPSA) is 98.5 Å². The second-order valence-corrected chi connectivity index (χ2v) is 7.11. The zero-order valence-electron chi connectivity index (χ0n) is 17.0. The Kier molecular flexibility index (Phi) is 5.40. The zero-order chi connectivity index (χ0) is 21.8. The van der Waals surface area contributed by atoms with E-state index in [2.05, 4.69) is 20.8 Å². The second-order valence-electron chi connectivity index (χ2n) is 7.11. The van der Waals surface area contributed by atoms with E-state index in [9.17, 15) is 4.79 Å². The lowest BCUT2D eigenvalue weighted by molar-refractivity contribution is 0.171. The molecule has 2 N–H and O–H groups in total. The van der Waals surface area contributed by atoms with Crippen LogP contribution in [0.5, 0.6) is 11.5 Å². The average Bonchev–Trinajstić information content (AvgIpc) is 3.34. The molecule has 0 unspecified atom stereocenters. The van der Waals surface area contributed by atoms with Crippen molar-refractivity contribution in [3.63, 3.8) is 0 Å². The van der Waals surface area contributed by atoms with Gasteiger partial charge in [0.2, 0.25) is 11.8 Å². The number of urea groups is 1. The SMILES string of the molecule is O=C(Nc1ccc2c(c1)OCCO2)N[C@@H](c1ccccc1)c1nnc(-c2ccccc2)o1. The van der Waals surface area contributed by atoms with Crippen molar-refractivity contribution in [1.82, 2.24) is 15.5 Å². The summed E-state index contributed by atoms with van der Waals surface area (Å²) in [6.45, 7) is 0.980. The fourth-order valence-electron chi connectivity index (χ4n) is 3.40. The fraction of sp³-hybridized carbons (Fsp3) is 0.125. The highest BCUT2D eigenvalue weighted by Gasteiger charge is 2.24. The van der Waals surface area contributed by atoms with Crippen LogP contribution in [0.1, 0.15) is 17.5 Å². The molecule has 1 aliphatic heterocycles. The van der Waals surface area contributed by atoms with Crippen molar-refractivity contribution >= 4 is 11.7 Å². The van der Waals surface area contributed by atoms with E-state index in [1.807, 2.05) is 60.7 Å². The van der Waals surface area contributed by atoms with Gasteiger partial charge in [-0.25, -0.2) is 4.79 Å². The summed E-state index contributed by atoms with van der Waals surface area (Å²) in [6, 6.07) is 23.1. The fourth-order valence-corrected chi connectivity index (χ4v) is 3.40. The summed E-state index contributed by atoms with van der Waals surface area (Å²) in [5, 5.41) is 14.1. The number of hydrogen-bond donors (Lipinski definition) is 2. The maximum Gasteiger partial charge on any atom is 0.320 e. The molecule has 1 aromatic heterocycles. The summed E-state index contributed by atoms with van der Waals surface area (Å²) in [5.74, 6) is 1.92. The van der Waals surface area contributed by atoms with Crippen LogP contribution in [0, 0.1) is 0 Å². The quantitative estimate of drug-likeness (QED) is 0.488. The molecule has 2 heterocycles. The molecule has 160 valence electrons.